The van der Waals surface area contributed by atoms with Gasteiger partial charge in [-0.2, -0.15) is 43.9 Å². The molecule has 0 N–H and O–H groups in total. The Bertz CT molecular complexity index is 348. The van der Waals surface area contributed by atoms with Crippen LogP contribution in [0.2, 0.25) is 0 Å². The molecule has 0 amide bonds. The fraction of sp³-hybridized carbons (Fsp3) is 1.00. The summed E-state index contributed by atoms with van der Waals surface area (Å²) in [5.41, 5.74) is -7.62. The highest BCUT2D eigenvalue weighted by molar-refractivity contribution is 6.68. The molecule has 0 aromatic heterocycles. The molecule has 14 heteroatoms. The highest BCUT2D eigenvalue weighted by Gasteiger charge is 2.92. The summed E-state index contributed by atoms with van der Waals surface area (Å²) in [6.07, 6.45) is -14.9. The van der Waals surface area contributed by atoms with Crippen LogP contribution in [0.5, 0.6) is 0 Å². The highest BCUT2D eigenvalue weighted by atomic mass is 35.6. The summed E-state index contributed by atoms with van der Waals surface area (Å²) in [7, 11) is 0. The third-order valence-electron chi connectivity index (χ3n) is 1.96. The normalized spacial score (nSPS) is 16.5. The minimum atomic E-state index is -7.62. The molecule has 0 nitrogen and oxygen atoms in total. The Hall–Kier alpha value is 0.1000. The Kier molecular flexibility index (Phi) is 4.83. The van der Waals surface area contributed by atoms with E-state index in [4.69, 9.17) is 0 Å². The maximum absolute atomic E-state index is 13.0. The molecule has 0 bridgehead atoms. The first kappa shape index (κ1) is 20.1. The Morgan fingerprint density at radius 2 is 0.700 bits per heavy atom. The van der Waals surface area contributed by atoms with Crippen molar-refractivity contribution >= 4 is 34.8 Å². The lowest BCUT2D eigenvalue weighted by Gasteiger charge is -2.41. The van der Waals surface area contributed by atoms with E-state index in [0.717, 1.165) is 0 Å². The van der Waals surface area contributed by atoms with Crippen LogP contribution >= 0.6 is 34.8 Å². The van der Waals surface area contributed by atoms with Gasteiger partial charge in [0.25, 0.3) is 3.79 Å². The van der Waals surface area contributed by atoms with Crippen LogP contribution in [0.25, 0.3) is 0 Å². The third-order valence-corrected chi connectivity index (χ3v) is 2.68. The van der Waals surface area contributed by atoms with Crippen LogP contribution in [-0.4, -0.2) is 33.7 Å². The molecule has 0 heterocycles. The molecule has 0 aromatic rings. The standard InChI is InChI=1S/C6Cl3F11/c7-4(8,9)3(13,14)2(11,12)1(10,5(15,16)17)6(18,19)20. The Balaban J connectivity index is 6.38. The molecule has 0 fully saturated rings. The Morgan fingerprint density at radius 1 is 0.450 bits per heavy atom. The van der Waals surface area contributed by atoms with E-state index in [1.165, 1.54) is 0 Å². The predicted molar refractivity (Wildman–Crippen MR) is 46.1 cm³/mol. The first-order chi connectivity index (χ1) is 8.25. The van der Waals surface area contributed by atoms with Crippen molar-refractivity contribution in [2.45, 2.75) is 33.7 Å². The molecule has 122 valence electrons. The van der Waals surface area contributed by atoms with Crippen molar-refractivity contribution in [1.82, 2.24) is 0 Å². The molecule has 0 atom stereocenters. The number of hydrogen-bond donors (Lipinski definition) is 0. The minimum absolute atomic E-state index is 4.22. The van der Waals surface area contributed by atoms with Crippen LogP contribution in [0.15, 0.2) is 0 Å². The molecule has 0 saturated carbocycles. The second-order valence-corrected chi connectivity index (χ2v) is 5.58. The van der Waals surface area contributed by atoms with Gasteiger partial charge in [0.15, 0.2) is 0 Å². The van der Waals surface area contributed by atoms with Crippen LogP contribution in [-0.2, 0) is 0 Å². The first-order valence-corrected chi connectivity index (χ1v) is 5.03. The van der Waals surface area contributed by atoms with Crippen molar-refractivity contribution in [2.24, 2.45) is 0 Å². The van der Waals surface area contributed by atoms with Crippen molar-refractivity contribution in [3.05, 3.63) is 0 Å². The number of hydrogen-bond acceptors (Lipinski definition) is 0. The topological polar surface area (TPSA) is 0 Å². The molecule has 0 unspecified atom stereocenters. The highest BCUT2D eigenvalue weighted by Crippen LogP contribution is 2.63. The van der Waals surface area contributed by atoms with Gasteiger partial charge in [0.2, 0.25) is 0 Å². The molecular weight excluding hydrogens is 387 g/mol. The molecule has 0 aliphatic heterocycles. The maximum atomic E-state index is 13.0. The summed E-state index contributed by atoms with van der Waals surface area (Å²) in [6.45, 7) is 0. The quantitative estimate of drug-likeness (QED) is 0.436. The van der Waals surface area contributed by atoms with Gasteiger partial charge in [0.05, 0.1) is 0 Å². The second kappa shape index (κ2) is 4.80. The van der Waals surface area contributed by atoms with Gasteiger partial charge in [-0.1, -0.05) is 34.8 Å². The van der Waals surface area contributed by atoms with Gasteiger partial charge in [-0.3, -0.25) is 0 Å². The summed E-state index contributed by atoms with van der Waals surface area (Å²) in [5, 5.41) is 0. The summed E-state index contributed by atoms with van der Waals surface area (Å²) >= 11 is 12.6. The van der Waals surface area contributed by atoms with Crippen molar-refractivity contribution in [3.8, 4) is 0 Å². The molecule has 0 aromatic carbocycles. The van der Waals surface area contributed by atoms with E-state index >= 15 is 0 Å². The average Bonchev–Trinajstić information content (AvgIpc) is 2.10. The Morgan fingerprint density at radius 3 is 0.850 bits per heavy atom. The first-order valence-electron chi connectivity index (χ1n) is 3.90. The third kappa shape index (κ3) is 2.60. The van der Waals surface area contributed by atoms with Gasteiger partial charge in [-0.15, -0.1) is 0 Å². The SMILES string of the molecule is FC(F)(F)C(F)(C(F)(F)F)C(F)(F)C(F)(F)C(Cl)(Cl)Cl. The fourth-order valence-electron chi connectivity index (χ4n) is 0.911. The van der Waals surface area contributed by atoms with E-state index in [-0.39, 0.29) is 0 Å². The van der Waals surface area contributed by atoms with Gasteiger partial charge in [-0.25, -0.2) is 4.39 Å². The molecule has 0 aliphatic carbocycles. The van der Waals surface area contributed by atoms with Crippen LogP contribution in [0.1, 0.15) is 0 Å². The van der Waals surface area contributed by atoms with E-state index in [0.29, 0.717) is 0 Å². The van der Waals surface area contributed by atoms with Gasteiger partial charge in [-0.05, 0) is 0 Å². The zero-order valence-electron chi connectivity index (χ0n) is 8.29. The molecule has 0 rings (SSSR count). The Labute approximate surface area is 117 Å². The van der Waals surface area contributed by atoms with Crippen LogP contribution in [0.4, 0.5) is 48.3 Å². The summed E-state index contributed by atoms with van der Waals surface area (Å²) in [4.78, 5) is 0. The van der Waals surface area contributed by atoms with E-state index in [2.05, 4.69) is 34.8 Å². The van der Waals surface area contributed by atoms with Crippen molar-refractivity contribution in [2.75, 3.05) is 0 Å². The minimum Gasteiger partial charge on any atom is -0.216 e. The molecule has 0 aliphatic rings. The van der Waals surface area contributed by atoms with E-state index < -0.39 is 33.7 Å². The van der Waals surface area contributed by atoms with Gasteiger partial charge < -0.3 is 0 Å². The van der Waals surface area contributed by atoms with Gasteiger partial charge >= 0.3 is 29.9 Å². The van der Waals surface area contributed by atoms with Crippen molar-refractivity contribution < 1.29 is 48.3 Å². The predicted octanol–water partition coefficient (Wildman–Crippen LogP) is 5.46. The van der Waals surface area contributed by atoms with Crippen LogP contribution in [0, 0.1) is 0 Å². The molecule has 0 radical (unpaired) electrons. The summed E-state index contributed by atoms with van der Waals surface area (Å²) < 4.78 is 132. The van der Waals surface area contributed by atoms with Gasteiger partial charge in [0, 0.05) is 0 Å². The molecular formula is C6Cl3F11. The molecule has 0 spiro atoms. The number of rotatable bonds is 2. The summed E-state index contributed by atoms with van der Waals surface area (Å²) in [5.74, 6) is -14.1. The van der Waals surface area contributed by atoms with E-state index in [9.17, 15) is 48.3 Å². The molecule has 0 saturated heterocycles. The zero-order valence-corrected chi connectivity index (χ0v) is 10.6. The second-order valence-electron chi connectivity index (χ2n) is 3.30. The average molecular weight is 387 g/mol. The van der Waals surface area contributed by atoms with Crippen LogP contribution < -0.4 is 0 Å². The lowest BCUT2D eigenvalue weighted by atomic mass is 9.91. The number of alkyl halides is 14. The van der Waals surface area contributed by atoms with Gasteiger partial charge in [0.1, 0.15) is 0 Å². The maximum Gasteiger partial charge on any atom is 0.438 e. The smallest absolute Gasteiger partial charge is 0.216 e. The van der Waals surface area contributed by atoms with Crippen molar-refractivity contribution in [1.29, 1.82) is 0 Å². The summed E-state index contributed by atoms with van der Waals surface area (Å²) in [6, 6.07) is 0. The lowest BCUT2D eigenvalue weighted by Crippen LogP contribution is -2.72. The zero-order chi connectivity index (χ0) is 17.0. The van der Waals surface area contributed by atoms with E-state index in [1.54, 1.807) is 0 Å². The number of halogens is 14. The van der Waals surface area contributed by atoms with E-state index in [1.807, 2.05) is 0 Å². The largest absolute Gasteiger partial charge is 0.438 e. The fourth-order valence-corrected chi connectivity index (χ4v) is 1.27. The lowest BCUT2D eigenvalue weighted by molar-refractivity contribution is -0.425. The van der Waals surface area contributed by atoms with Crippen molar-refractivity contribution in [3.63, 3.8) is 0 Å². The monoisotopic (exact) mass is 386 g/mol. The molecule has 20 heavy (non-hydrogen) atoms. The van der Waals surface area contributed by atoms with Crippen LogP contribution in [0.3, 0.4) is 0 Å².